The van der Waals surface area contributed by atoms with Gasteiger partial charge in [-0.1, -0.05) is 53.5 Å². The first-order valence-corrected chi connectivity index (χ1v) is 8.17. The van der Waals surface area contributed by atoms with Gasteiger partial charge in [0.1, 0.15) is 10.0 Å². The van der Waals surface area contributed by atoms with Gasteiger partial charge < -0.3 is 5.11 Å². The summed E-state index contributed by atoms with van der Waals surface area (Å²) in [5.74, 6) is 0. The molecule has 1 heterocycles. The van der Waals surface area contributed by atoms with Crippen molar-refractivity contribution in [3.8, 4) is 0 Å². The topological polar surface area (TPSA) is 79.3 Å². The molecule has 0 fully saturated rings. The Morgan fingerprint density at radius 1 is 1.24 bits per heavy atom. The van der Waals surface area contributed by atoms with Crippen molar-refractivity contribution in [2.24, 2.45) is 0 Å². The van der Waals surface area contributed by atoms with Crippen LogP contribution >= 0.6 is 23.2 Å². The molecule has 0 bridgehead atoms. The van der Waals surface area contributed by atoms with Crippen LogP contribution in [-0.4, -0.2) is 25.1 Å². The minimum Gasteiger partial charge on any atom is -0.394 e. The minimum absolute atomic E-state index is 0.0254. The molecule has 1 unspecified atom stereocenters. The number of hydrogen-bond acceptors (Lipinski definition) is 4. The first-order valence-electron chi connectivity index (χ1n) is 5.93. The van der Waals surface area contributed by atoms with Crippen LogP contribution < -0.4 is 4.72 Å². The van der Waals surface area contributed by atoms with Crippen molar-refractivity contribution in [3.05, 3.63) is 58.3 Å². The summed E-state index contributed by atoms with van der Waals surface area (Å²) in [7, 11) is -3.87. The molecule has 0 aliphatic carbocycles. The van der Waals surface area contributed by atoms with Crippen LogP contribution in [0.2, 0.25) is 10.2 Å². The molecule has 8 heteroatoms. The molecule has 0 aliphatic heterocycles. The number of aliphatic hydroxyl groups excluding tert-OH is 1. The number of rotatable bonds is 5. The maximum Gasteiger partial charge on any atom is 0.242 e. The van der Waals surface area contributed by atoms with E-state index in [2.05, 4.69) is 9.71 Å². The second-order valence-corrected chi connectivity index (χ2v) is 6.69. The van der Waals surface area contributed by atoms with Gasteiger partial charge >= 0.3 is 0 Å². The Kier molecular flexibility index (Phi) is 5.18. The fraction of sp³-hybridized carbons (Fsp3) is 0.154. The highest BCUT2D eigenvalue weighted by Crippen LogP contribution is 2.23. The fourth-order valence-corrected chi connectivity index (χ4v) is 3.22. The second kappa shape index (κ2) is 6.72. The molecule has 0 amide bonds. The summed E-state index contributed by atoms with van der Waals surface area (Å²) in [4.78, 5) is 3.58. The van der Waals surface area contributed by atoms with Gasteiger partial charge in [0.05, 0.1) is 17.7 Å². The molecular formula is C13H12Cl2N2O3S. The predicted octanol–water partition coefficient (Wildman–Crippen LogP) is 2.40. The van der Waals surface area contributed by atoms with E-state index in [-0.39, 0.29) is 21.7 Å². The van der Waals surface area contributed by atoms with Gasteiger partial charge in [-0.05, 0) is 11.6 Å². The number of nitrogens with one attached hydrogen (secondary N) is 1. The van der Waals surface area contributed by atoms with E-state index in [4.69, 9.17) is 23.2 Å². The Bertz CT molecular complexity index is 723. The SMILES string of the molecule is O=S(=O)(NC(CO)c1ccccc1)c1cnc(Cl)c(Cl)c1. The average Bonchev–Trinajstić information content (AvgIpc) is 2.48. The van der Waals surface area contributed by atoms with Gasteiger partial charge in [-0.3, -0.25) is 0 Å². The summed E-state index contributed by atoms with van der Waals surface area (Å²) in [5.41, 5.74) is 0.650. The third kappa shape index (κ3) is 3.93. The molecule has 1 atom stereocenters. The maximum atomic E-state index is 12.3. The Balaban J connectivity index is 2.29. The molecule has 21 heavy (non-hydrogen) atoms. The first kappa shape index (κ1) is 16.2. The highest BCUT2D eigenvalue weighted by atomic mass is 35.5. The molecule has 112 valence electrons. The lowest BCUT2D eigenvalue weighted by molar-refractivity contribution is 0.259. The quantitative estimate of drug-likeness (QED) is 0.814. The van der Waals surface area contributed by atoms with E-state index < -0.39 is 16.1 Å². The van der Waals surface area contributed by atoms with E-state index in [0.29, 0.717) is 5.56 Å². The number of pyridine rings is 1. The molecule has 2 N–H and O–H groups in total. The molecule has 0 radical (unpaired) electrons. The van der Waals surface area contributed by atoms with Crippen molar-refractivity contribution in [2.45, 2.75) is 10.9 Å². The van der Waals surface area contributed by atoms with Crippen LogP contribution in [0.25, 0.3) is 0 Å². The number of sulfonamides is 1. The predicted molar refractivity (Wildman–Crippen MR) is 80.8 cm³/mol. The lowest BCUT2D eigenvalue weighted by Crippen LogP contribution is -2.31. The van der Waals surface area contributed by atoms with Gasteiger partial charge in [-0.2, -0.15) is 0 Å². The Morgan fingerprint density at radius 2 is 1.90 bits per heavy atom. The van der Waals surface area contributed by atoms with E-state index in [0.717, 1.165) is 6.20 Å². The molecule has 0 saturated carbocycles. The highest BCUT2D eigenvalue weighted by molar-refractivity contribution is 7.89. The third-order valence-electron chi connectivity index (χ3n) is 2.76. The van der Waals surface area contributed by atoms with Crippen LogP contribution in [0, 0.1) is 0 Å². The average molecular weight is 347 g/mol. The van der Waals surface area contributed by atoms with Gasteiger partial charge in [0.15, 0.2) is 0 Å². The summed E-state index contributed by atoms with van der Waals surface area (Å²) in [6.07, 6.45) is 1.11. The summed E-state index contributed by atoms with van der Waals surface area (Å²) in [6, 6.07) is 9.20. The standard InChI is InChI=1S/C13H12Cl2N2O3S/c14-11-6-10(7-16-13(11)15)21(19,20)17-12(8-18)9-4-2-1-3-5-9/h1-7,12,17-18H,8H2. The zero-order valence-corrected chi connectivity index (χ0v) is 13.0. The first-order chi connectivity index (χ1) is 9.94. The summed E-state index contributed by atoms with van der Waals surface area (Å²) < 4.78 is 27.0. The molecule has 0 spiro atoms. The number of aromatic nitrogens is 1. The molecule has 5 nitrogen and oxygen atoms in total. The van der Waals surface area contributed by atoms with Crippen LogP contribution in [-0.2, 0) is 10.0 Å². The van der Waals surface area contributed by atoms with Gasteiger partial charge in [0.25, 0.3) is 0 Å². The summed E-state index contributed by atoms with van der Waals surface area (Å²) in [6.45, 7) is -0.377. The lowest BCUT2D eigenvalue weighted by Gasteiger charge is -2.16. The van der Waals surface area contributed by atoms with E-state index in [1.54, 1.807) is 30.3 Å². The molecular weight excluding hydrogens is 335 g/mol. The van der Waals surface area contributed by atoms with E-state index in [1.165, 1.54) is 6.07 Å². The smallest absolute Gasteiger partial charge is 0.242 e. The van der Waals surface area contributed by atoms with Gasteiger partial charge in [0, 0.05) is 6.20 Å². The molecule has 0 aliphatic rings. The van der Waals surface area contributed by atoms with Crippen LogP contribution in [0.15, 0.2) is 47.5 Å². The molecule has 2 rings (SSSR count). The van der Waals surface area contributed by atoms with Crippen LogP contribution in [0.5, 0.6) is 0 Å². The zero-order chi connectivity index (χ0) is 15.5. The minimum atomic E-state index is -3.87. The van der Waals surface area contributed by atoms with E-state index >= 15 is 0 Å². The fourth-order valence-electron chi connectivity index (χ4n) is 1.70. The van der Waals surface area contributed by atoms with E-state index in [9.17, 15) is 13.5 Å². The Labute approximate surface area is 132 Å². The van der Waals surface area contributed by atoms with Crippen molar-refractivity contribution in [3.63, 3.8) is 0 Å². The van der Waals surface area contributed by atoms with Crippen LogP contribution in [0.4, 0.5) is 0 Å². The van der Waals surface area contributed by atoms with Crippen molar-refractivity contribution in [1.29, 1.82) is 0 Å². The maximum absolute atomic E-state index is 12.3. The van der Waals surface area contributed by atoms with Gasteiger partial charge in [-0.25, -0.2) is 18.1 Å². The van der Waals surface area contributed by atoms with E-state index in [1.807, 2.05) is 0 Å². The lowest BCUT2D eigenvalue weighted by atomic mass is 10.1. The monoisotopic (exact) mass is 346 g/mol. The normalized spacial score (nSPS) is 13.1. The van der Waals surface area contributed by atoms with Crippen molar-refractivity contribution >= 4 is 33.2 Å². The molecule has 1 aromatic heterocycles. The second-order valence-electron chi connectivity index (χ2n) is 4.21. The summed E-state index contributed by atoms with van der Waals surface area (Å²) >= 11 is 11.4. The number of benzene rings is 1. The van der Waals surface area contributed by atoms with Crippen molar-refractivity contribution in [2.75, 3.05) is 6.61 Å². The third-order valence-corrected chi connectivity index (χ3v) is 4.89. The number of hydrogen-bond donors (Lipinski definition) is 2. The molecule has 1 aromatic carbocycles. The van der Waals surface area contributed by atoms with Crippen LogP contribution in [0.3, 0.4) is 0 Å². The zero-order valence-electron chi connectivity index (χ0n) is 10.7. The number of nitrogens with zero attached hydrogens (tertiary/aromatic N) is 1. The van der Waals surface area contributed by atoms with Crippen molar-refractivity contribution in [1.82, 2.24) is 9.71 Å². The van der Waals surface area contributed by atoms with Crippen molar-refractivity contribution < 1.29 is 13.5 Å². The Hall–Kier alpha value is -1.18. The highest BCUT2D eigenvalue weighted by Gasteiger charge is 2.22. The molecule has 0 saturated heterocycles. The molecule has 2 aromatic rings. The largest absolute Gasteiger partial charge is 0.394 e. The number of halogens is 2. The summed E-state index contributed by atoms with van der Waals surface area (Å²) in [5, 5.41) is 9.47. The van der Waals surface area contributed by atoms with Gasteiger partial charge in [-0.15, -0.1) is 0 Å². The van der Waals surface area contributed by atoms with Gasteiger partial charge in [0.2, 0.25) is 10.0 Å². The number of aliphatic hydroxyl groups is 1. The van der Waals surface area contributed by atoms with Crippen LogP contribution in [0.1, 0.15) is 11.6 Å². The Morgan fingerprint density at radius 3 is 2.48 bits per heavy atom.